The summed E-state index contributed by atoms with van der Waals surface area (Å²) in [6, 6.07) is 7.15. The maximum absolute atomic E-state index is 12.3. The summed E-state index contributed by atoms with van der Waals surface area (Å²) in [5.74, 6) is -1.00. The molecule has 3 rings (SSSR count). The number of carbonyl (C=O) groups excluding carboxylic acids is 3. The molecule has 3 N–H and O–H groups in total. The fourth-order valence-electron chi connectivity index (χ4n) is 2.95. The van der Waals surface area contributed by atoms with Gasteiger partial charge in [-0.15, -0.1) is 11.3 Å². The summed E-state index contributed by atoms with van der Waals surface area (Å²) in [4.78, 5) is 38.4. The number of nitrogens with one attached hydrogen (secondary N) is 1. The van der Waals surface area contributed by atoms with Gasteiger partial charge in [0.25, 0.3) is 5.91 Å². The number of amides is 3. The Morgan fingerprint density at radius 3 is 2.70 bits per heavy atom. The van der Waals surface area contributed by atoms with Crippen LogP contribution in [-0.2, 0) is 22.6 Å². The summed E-state index contributed by atoms with van der Waals surface area (Å²) < 4.78 is 0. The minimum atomic E-state index is -0.589. The first-order valence-electron chi connectivity index (χ1n) is 8.30. The van der Waals surface area contributed by atoms with Crippen LogP contribution in [0.2, 0.25) is 5.02 Å². The lowest BCUT2D eigenvalue weighted by molar-refractivity contribution is -0.129. The molecule has 2 heterocycles. The fourth-order valence-corrected chi connectivity index (χ4v) is 4.42. The standard InChI is InChI=1S/C19H18ClN3O3S/c1-11(24)23-9-8-13-15(10-23)27-19(17(13)18(21)26)22-16(25)7-6-12-4-2-3-5-14(12)20/h2-7H,8-10H2,1H3,(H2,21,26)(H,22,25)/b7-6+. The topological polar surface area (TPSA) is 92.5 Å². The van der Waals surface area contributed by atoms with Crippen molar-refractivity contribution < 1.29 is 14.4 Å². The van der Waals surface area contributed by atoms with Gasteiger partial charge in [0.1, 0.15) is 5.00 Å². The van der Waals surface area contributed by atoms with E-state index in [9.17, 15) is 14.4 Å². The fraction of sp³-hybridized carbons (Fsp3) is 0.211. The highest BCUT2D eigenvalue weighted by Crippen LogP contribution is 2.37. The number of fused-ring (bicyclic) bond motifs is 1. The Kier molecular flexibility index (Phi) is 5.62. The molecule has 0 bridgehead atoms. The van der Waals surface area contributed by atoms with Crippen molar-refractivity contribution in [1.82, 2.24) is 4.90 Å². The molecule has 0 spiro atoms. The van der Waals surface area contributed by atoms with Crippen LogP contribution in [0.3, 0.4) is 0 Å². The van der Waals surface area contributed by atoms with Gasteiger partial charge in [-0.25, -0.2) is 0 Å². The van der Waals surface area contributed by atoms with Gasteiger partial charge in [-0.3, -0.25) is 14.4 Å². The molecule has 140 valence electrons. The van der Waals surface area contributed by atoms with Crippen LogP contribution in [0.5, 0.6) is 0 Å². The molecule has 2 aromatic rings. The highest BCUT2D eigenvalue weighted by Gasteiger charge is 2.28. The molecular formula is C19H18ClN3O3S. The van der Waals surface area contributed by atoms with Crippen molar-refractivity contribution in [1.29, 1.82) is 0 Å². The van der Waals surface area contributed by atoms with Crippen LogP contribution in [0.1, 0.15) is 33.3 Å². The Balaban J connectivity index is 1.82. The number of nitrogens with zero attached hydrogens (tertiary/aromatic N) is 1. The largest absolute Gasteiger partial charge is 0.365 e. The number of primary amides is 1. The maximum atomic E-state index is 12.3. The number of anilines is 1. The summed E-state index contributed by atoms with van der Waals surface area (Å²) in [7, 11) is 0. The summed E-state index contributed by atoms with van der Waals surface area (Å²) in [5, 5.41) is 3.67. The number of thiophene rings is 1. The van der Waals surface area contributed by atoms with E-state index in [0.29, 0.717) is 40.7 Å². The second kappa shape index (κ2) is 7.94. The Hall–Kier alpha value is -2.64. The number of hydrogen-bond acceptors (Lipinski definition) is 4. The van der Waals surface area contributed by atoms with E-state index in [0.717, 1.165) is 10.4 Å². The van der Waals surface area contributed by atoms with Gasteiger partial charge in [0, 0.05) is 29.4 Å². The number of rotatable bonds is 4. The molecule has 6 nitrogen and oxygen atoms in total. The minimum Gasteiger partial charge on any atom is -0.365 e. The third kappa shape index (κ3) is 4.20. The van der Waals surface area contributed by atoms with Crippen LogP contribution in [-0.4, -0.2) is 29.2 Å². The highest BCUT2D eigenvalue weighted by atomic mass is 35.5. The van der Waals surface area contributed by atoms with E-state index in [-0.39, 0.29) is 11.8 Å². The molecule has 0 radical (unpaired) electrons. The normalized spacial score (nSPS) is 13.5. The van der Waals surface area contributed by atoms with E-state index < -0.39 is 5.91 Å². The lowest BCUT2D eigenvalue weighted by atomic mass is 10.0. The van der Waals surface area contributed by atoms with Crippen LogP contribution in [0.15, 0.2) is 30.3 Å². The van der Waals surface area contributed by atoms with Gasteiger partial charge in [-0.1, -0.05) is 29.8 Å². The number of halogens is 1. The molecule has 0 atom stereocenters. The first kappa shape index (κ1) is 19.1. The summed E-state index contributed by atoms with van der Waals surface area (Å²) in [6.45, 7) is 2.45. The van der Waals surface area contributed by atoms with Crippen LogP contribution < -0.4 is 11.1 Å². The molecule has 1 aliphatic heterocycles. The van der Waals surface area contributed by atoms with Gasteiger partial charge >= 0.3 is 0 Å². The van der Waals surface area contributed by atoms with E-state index >= 15 is 0 Å². The lowest BCUT2D eigenvalue weighted by Gasteiger charge is -2.25. The van der Waals surface area contributed by atoms with Crippen LogP contribution >= 0.6 is 22.9 Å². The Bertz CT molecular complexity index is 952. The first-order chi connectivity index (χ1) is 12.9. The van der Waals surface area contributed by atoms with Crippen molar-refractivity contribution in [3.63, 3.8) is 0 Å². The molecule has 0 unspecified atom stereocenters. The second-order valence-corrected chi connectivity index (χ2v) is 7.62. The number of carbonyl (C=O) groups is 3. The molecule has 0 saturated heterocycles. The van der Waals surface area contributed by atoms with E-state index in [1.807, 2.05) is 6.07 Å². The van der Waals surface area contributed by atoms with Crippen molar-refractivity contribution in [2.24, 2.45) is 5.73 Å². The van der Waals surface area contributed by atoms with Crippen LogP contribution in [0, 0.1) is 0 Å². The first-order valence-corrected chi connectivity index (χ1v) is 9.49. The number of benzene rings is 1. The average Bonchev–Trinajstić information content (AvgIpc) is 2.97. The molecule has 1 aromatic carbocycles. The van der Waals surface area contributed by atoms with Crippen LogP contribution in [0.25, 0.3) is 6.08 Å². The van der Waals surface area contributed by atoms with Gasteiger partial charge in [0.2, 0.25) is 11.8 Å². The SMILES string of the molecule is CC(=O)N1CCc2c(sc(NC(=O)/C=C/c3ccccc3Cl)c2C(N)=O)C1. The molecule has 1 aromatic heterocycles. The monoisotopic (exact) mass is 403 g/mol. The number of hydrogen-bond donors (Lipinski definition) is 2. The summed E-state index contributed by atoms with van der Waals surface area (Å²) in [6.07, 6.45) is 3.49. The smallest absolute Gasteiger partial charge is 0.251 e. The number of nitrogens with two attached hydrogens (primary N) is 1. The predicted octanol–water partition coefficient (Wildman–Crippen LogP) is 3.06. The van der Waals surface area contributed by atoms with E-state index in [2.05, 4.69) is 5.32 Å². The van der Waals surface area contributed by atoms with Gasteiger partial charge in [-0.2, -0.15) is 0 Å². The Morgan fingerprint density at radius 2 is 2.04 bits per heavy atom. The average molecular weight is 404 g/mol. The zero-order chi connectivity index (χ0) is 19.6. The second-order valence-electron chi connectivity index (χ2n) is 6.11. The van der Waals surface area contributed by atoms with Crippen molar-refractivity contribution in [3.05, 3.63) is 56.9 Å². The van der Waals surface area contributed by atoms with Crippen molar-refractivity contribution >= 4 is 51.7 Å². The summed E-state index contributed by atoms with van der Waals surface area (Å²) in [5.41, 5.74) is 7.40. The van der Waals surface area contributed by atoms with E-state index in [4.69, 9.17) is 17.3 Å². The Morgan fingerprint density at radius 1 is 1.30 bits per heavy atom. The van der Waals surface area contributed by atoms with Crippen molar-refractivity contribution in [2.45, 2.75) is 19.9 Å². The molecule has 27 heavy (non-hydrogen) atoms. The third-order valence-electron chi connectivity index (χ3n) is 4.30. The van der Waals surface area contributed by atoms with Gasteiger partial charge in [-0.05, 0) is 29.7 Å². The quantitative estimate of drug-likeness (QED) is 0.768. The molecular weight excluding hydrogens is 386 g/mol. The zero-order valence-corrected chi connectivity index (χ0v) is 16.2. The third-order valence-corrected chi connectivity index (χ3v) is 5.78. The highest BCUT2D eigenvalue weighted by molar-refractivity contribution is 7.17. The summed E-state index contributed by atoms with van der Waals surface area (Å²) >= 11 is 7.35. The molecule has 0 saturated carbocycles. The van der Waals surface area contributed by atoms with E-state index in [1.165, 1.54) is 24.3 Å². The Labute approximate surface area is 165 Å². The van der Waals surface area contributed by atoms with Crippen LogP contribution in [0.4, 0.5) is 5.00 Å². The molecule has 8 heteroatoms. The van der Waals surface area contributed by atoms with Gasteiger partial charge < -0.3 is 16.0 Å². The van der Waals surface area contributed by atoms with Crippen molar-refractivity contribution in [3.8, 4) is 0 Å². The molecule has 0 fully saturated rings. The van der Waals surface area contributed by atoms with E-state index in [1.54, 1.807) is 29.2 Å². The van der Waals surface area contributed by atoms with Gasteiger partial charge in [0.05, 0.1) is 12.1 Å². The maximum Gasteiger partial charge on any atom is 0.251 e. The predicted molar refractivity (Wildman–Crippen MR) is 107 cm³/mol. The van der Waals surface area contributed by atoms with Gasteiger partial charge in [0.15, 0.2) is 0 Å². The lowest BCUT2D eigenvalue weighted by Crippen LogP contribution is -2.34. The molecule has 1 aliphatic rings. The minimum absolute atomic E-state index is 0.0251. The van der Waals surface area contributed by atoms with Crippen molar-refractivity contribution in [2.75, 3.05) is 11.9 Å². The molecule has 3 amide bonds. The molecule has 0 aliphatic carbocycles. The zero-order valence-electron chi connectivity index (χ0n) is 14.6.